The van der Waals surface area contributed by atoms with Crippen molar-refractivity contribution in [1.82, 2.24) is 4.98 Å². The Bertz CT molecular complexity index is 533. The summed E-state index contributed by atoms with van der Waals surface area (Å²) in [4.78, 5) is 4.29. The SMILES string of the molecule is COCC(CCl)Nc1ccnc2cc(Cl)ccc12. The molecule has 2 aromatic rings. The monoisotopic (exact) mass is 284 g/mol. The number of alkyl halides is 1. The number of hydrogen-bond donors (Lipinski definition) is 1. The molecule has 0 aliphatic heterocycles. The summed E-state index contributed by atoms with van der Waals surface area (Å²) in [5, 5.41) is 5.05. The number of hydrogen-bond acceptors (Lipinski definition) is 3. The highest BCUT2D eigenvalue weighted by atomic mass is 35.5. The van der Waals surface area contributed by atoms with Gasteiger partial charge >= 0.3 is 0 Å². The molecule has 0 bridgehead atoms. The first-order valence-electron chi connectivity index (χ1n) is 5.60. The molecule has 96 valence electrons. The van der Waals surface area contributed by atoms with Gasteiger partial charge in [-0.1, -0.05) is 11.6 Å². The van der Waals surface area contributed by atoms with Crippen molar-refractivity contribution < 1.29 is 4.74 Å². The molecule has 18 heavy (non-hydrogen) atoms. The molecule has 0 radical (unpaired) electrons. The summed E-state index contributed by atoms with van der Waals surface area (Å²) in [5.41, 5.74) is 1.85. The first-order chi connectivity index (χ1) is 8.74. The molecule has 1 atom stereocenters. The zero-order chi connectivity index (χ0) is 13.0. The van der Waals surface area contributed by atoms with E-state index in [2.05, 4.69) is 10.3 Å². The van der Waals surface area contributed by atoms with E-state index >= 15 is 0 Å². The highest BCUT2D eigenvalue weighted by Crippen LogP contribution is 2.24. The van der Waals surface area contributed by atoms with Gasteiger partial charge in [0.1, 0.15) is 0 Å². The summed E-state index contributed by atoms with van der Waals surface area (Å²) in [6.45, 7) is 0.556. The Hall–Kier alpha value is -1.03. The first-order valence-corrected chi connectivity index (χ1v) is 6.51. The van der Waals surface area contributed by atoms with Crippen molar-refractivity contribution in [2.75, 3.05) is 24.9 Å². The van der Waals surface area contributed by atoms with E-state index in [-0.39, 0.29) is 6.04 Å². The van der Waals surface area contributed by atoms with Crippen molar-refractivity contribution in [2.45, 2.75) is 6.04 Å². The van der Waals surface area contributed by atoms with E-state index in [1.54, 1.807) is 13.3 Å². The minimum atomic E-state index is 0.0675. The molecule has 1 N–H and O–H groups in total. The van der Waals surface area contributed by atoms with Crippen LogP contribution in [0.15, 0.2) is 30.5 Å². The van der Waals surface area contributed by atoms with Gasteiger partial charge in [0.05, 0.1) is 18.2 Å². The van der Waals surface area contributed by atoms with E-state index in [9.17, 15) is 0 Å². The maximum atomic E-state index is 5.95. The van der Waals surface area contributed by atoms with Gasteiger partial charge in [0.2, 0.25) is 0 Å². The Morgan fingerprint density at radius 1 is 1.39 bits per heavy atom. The number of aromatic nitrogens is 1. The largest absolute Gasteiger partial charge is 0.383 e. The second kappa shape index (κ2) is 6.23. The van der Waals surface area contributed by atoms with Crippen LogP contribution in [0.5, 0.6) is 0 Å². The van der Waals surface area contributed by atoms with Crippen LogP contribution in [0.25, 0.3) is 10.9 Å². The van der Waals surface area contributed by atoms with Gasteiger partial charge in [0.25, 0.3) is 0 Å². The van der Waals surface area contributed by atoms with E-state index in [0.29, 0.717) is 17.5 Å². The van der Waals surface area contributed by atoms with Crippen LogP contribution in [-0.2, 0) is 4.74 Å². The molecular formula is C13H14Cl2N2O. The zero-order valence-corrected chi connectivity index (χ0v) is 11.5. The Morgan fingerprint density at radius 2 is 2.22 bits per heavy atom. The second-order valence-electron chi connectivity index (χ2n) is 3.97. The number of rotatable bonds is 5. The predicted molar refractivity (Wildman–Crippen MR) is 76.8 cm³/mol. The van der Waals surface area contributed by atoms with Crippen LogP contribution in [0.1, 0.15) is 0 Å². The lowest BCUT2D eigenvalue weighted by Gasteiger charge is -2.17. The number of fused-ring (bicyclic) bond motifs is 1. The molecule has 0 saturated heterocycles. The van der Waals surface area contributed by atoms with E-state index in [1.807, 2.05) is 24.3 Å². The number of methoxy groups -OCH3 is 1. The fourth-order valence-corrected chi connectivity index (χ4v) is 2.13. The highest BCUT2D eigenvalue weighted by Gasteiger charge is 2.09. The van der Waals surface area contributed by atoms with Crippen LogP contribution in [0.2, 0.25) is 5.02 Å². The van der Waals surface area contributed by atoms with Crippen LogP contribution in [0.3, 0.4) is 0 Å². The van der Waals surface area contributed by atoms with Crippen LogP contribution < -0.4 is 5.32 Å². The average Bonchev–Trinajstić information content (AvgIpc) is 2.38. The number of halogens is 2. The van der Waals surface area contributed by atoms with E-state index in [4.69, 9.17) is 27.9 Å². The van der Waals surface area contributed by atoms with Gasteiger partial charge in [0.15, 0.2) is 0 Å². The molecule has 1 heterocycles. The third kappa shape index (κ3) is 3.05. The second-order valence-corrected chi connectivity index (χ2v) is 4.72. The summed E-state index contributed by atoms with van der Waals surface area (Å²) in [5.74, 6) is 0.477. The maximum absolute atomic E-state index is 5.95. The van der Waals surface area contributed by atoms with Gasteiger partial charge in [-0.15, -0.1) is 11.6 Å². The van der Waals surface area contributed by atoms with Crippen molar-refractivity contribution >= 4 is 39.8 Å². The molecule has 5 heteroatoms. The summed E-state index contributed by atoms with van der Waals surface area (Å²) in [6.07, 6.45) is 1.75. The first kappa shape index (κ1) is 13.4. The third-order valence-electron chi connectivity index (χ3n) is 2.62. The van der Waals surface area contributed by atoms with Crippen molar-refractivity contribution in [3.63, 3.8) is 0 Å². The quantitative estimate of drug-likeness (QED) is 0.853. The number of anilines is 1. The minimum Gasteiger partial charge on any atom is -0.383 e. The Kier molecular flexibility index (Phi) is 4.64. The lowest BCUT2D eigenvalue weighted by molar-refractivity contribution is 0.191. The Balaban J connectivity index is 2.32. The molecule has 0 aliphatic rings. The molecule has 0 fully saturated rings. The van der Waals surface area contributed by atoms with Crippen molar-refractivity contribution in [2.24, 2.45) is 0 Å². The number of nitrogens with zero attached hydrogens (tertiary/aromatic N) is 1. The smallest absolute Gasteiger partial charge is 0.0737 e. The molecular weight excluding hydrogens is 271 g/mol. The molecule has 3 nitrogen and oxygen atoms in total. The molecule has 1 aromatic heterocycles. The van der Waals surface area contributed by atoms with Gasteiger partial charge in [-0.3, -0.25) is 4.98 Å². The summed E-state index contributed by atoms with van der Waals surface area (Å²) in [7, 11) is 1.66. The molecule has 0 spiro atoms. The maximum Gasteiger partial charge on any atom is 0.0737 e. The molecule has 0 aliphatic carbocycles. The average molecular weight is 285 g/mol. The molecule has 1 aromatic carbocycles. The minimum absolute atomic E-state index is 0.0675. The summed E-state index contributed by atoms with van der Waals surface area (Å²) < 4.78 is 5.11. The van der Waals surface area contributed by atoms with Crippen molar-refractivity contribution in [3.05, 3.63) is 35.5 Å². The van der Waals surface area contributed by atoms with Gasteiger partial charge in [0, 0.05) is 35.3 Å². The fourth-order valence-electron chi connectivity index (χ4n) is 1.79. The molecule has 0 saturated carbocycles. The normalized spacial score (nSPS) is 12.6. The number of pyridine rings is 1. The summed E-state index contributed by atoms with van der Waals surface area (Å²) in [6, 6.07) is 7.63. The van der Waals surface area contributed by atoms with E-state index < -0.39 is 0 Å². The Labute approximate surface area is 116 Å². The van der Waals surface area contributed by atoms with Crippen molar-refractivity contribution in [1.29, 1.82) is 0 Å². The van der Waals surface area contributed by atoms with Crippen LogP contribution in [0, 0.1) is 0 Å². The lowest BCUT2D eigenvalue weighted by Crippen LogP contribution is -2.26. The highest BCUT2D eigenvalue weighted by molar-refractivity contribution is 6.31. The van der Waals surface area contributed by atoms with Gasteiger partial charge in [-0.05, 0) is 24.3 Å². The number of ether oxygens (including phenoxy) is 1. The fraction of sp³-hybridized carbons (Fsp3) is 0.308. The number of benzene rings is 1. The third-order valence-corrected chi connectivity index (χ3v) is 3.23. The predicted octanol–water partition coefficient (Wildman–Crippen LogP) is 3.55. The molecule has 0 amide bonds. The van der Waals surface area contributed by atoms with E-state index in [0.717, 1.165) is 16.6 Å². The summed E-state index contributed by atoms with van der Waals surface area (Å²) >= 11 is 11.8. The van der Waals surface area contributed by atoms with Crippen molar-refractivity contribution in [3.8, 4) is 0 Å². The van der Waals surface area contributed by atoms with Crippen LogP contribution >= 0.6 is 23.2 Å². The van der Waals surface area contributed by atoms with Gasteiger partial charge in [-0.2, -0.15) is 0 Å². The van der Waals surface area contributed by atoms with Gasteiger partial charge in [-0.25, -0.2) is 0 Å². The zero-order valence-electron chi connectivity index (χ0n) is 9.99. The molecule has 2 rings (SSSR count). The number of nitrogens with one attached hydrogen (secondary N) is 1. The standard InChI is InChI=1S/C13H14Cl2N2O/c1-18-8-10(7-14)17-12-4-5-16-13-6-9(15)2-3-11(12)13/h2-6,10H,7-8H2,1H3,(H,16,17). The molecule has 1 unspecified atom stereocenters. The topological polar surface area (TPSA) is 34.1 Å². The lowest BCUT2D eigenvalue weighted by atomic mass is 10.1. The van der Waals surface area contributed by atoms with Gasteiger partial charge < -0.3 is 10.1 Å². The van der Waals surface area contributed by atoms with Crippen LogP contribution in [0.4, 0.5) is 5.69 Å². The Morgan fingerprint density at radius 3 is 2.94 bits per heavy atom. The van der Waals surface area contributed by atoms with Crippen LogP contribution in [-0.4, -0.2) is 30.6 Å². The van der Waals surface area contributed by atoms with E-state index in [1.165, 1.54) is 0 Å².